The lowest BCUT2D eigenvalue weighted by Gasteiger charge is -2.24. The van der Waals surface area contributed by atoms with Crippen molar-refractivity contribution >= 4 is 40.9 Å². The maximum absolute atomic E-state index is 13.2. The average molecular weight is 482 g/mol. The summed E-state index contributed by atoms with van der Waals surface area (Å²) in [6, 6.07) is 15.9. The third kappa shape index (κ3) is 5.07. The summed E-state index contributed by atoms with van der Waals surface area (Å²) in [5, 5.41) is 0.838. The van der Waals surface area contributed by atoms with Crippen LogP contribution in [0.25, 0.3) is 0 Å². The van der Waals surface area contributed by atoms with Crippen molar-refractivity contribution in [3.8, 4) is 0 Å². The van der Waals surface area contributed by atoms with E-state index in [1.54, 1.807) is 53.6 Å². The van der Waals surface area contributed by atoms with E-state index in [9.17, 15) is 14.4 Å². The van der Waals surface area contributed by atoms with Crippen LogP contribution in [0.5, 0.6) is 0 Å². The number of pyridine rings is 1. The van der Waals surface area contributed by atoms with Gasteiger partial charge in [-0.15, -0.1) is 0 Å². The van der Waals surface area contributed by atoms with Crippen molar-refractivity contribution in [2.45, 2.75) is 26.4 Å². The minimum atomic E-state index is -0.372. The normalized spacial score (nSPS) is 12.8. The SMILES string of the molecule is Cc1ccc2c(c1)C(=O)N(CCC(=O)N(Cc1ccc(Cl)c(Cl)c1)Cc1ccccn1)C2=O. The van der Waals surface area contributed by atoms with Crippen molar-refractivity contribution in [3.05, 3.63) is 98.8 Å². The van der Waals surface area contributed by atoms with E-state index in [1.165, 1.54) is 0 Å². The van der Waals surface area contributed by atoms with Crippen LogP contribution in [-0.4, -0.2) is 39.1 Å². The number of hydrogen-bond donors (Lipinski definition) is 0. The molecule has 0 fully saturated rings. The molecule has 0 aliphatic carbocycles. The maximum Gasteiger partial charge on any atom is 0.261 e. The Bertz CT molecular complexity index is 1230. The van der Waals surface area contributed by atoms with Gasteiger partial charge in [0, 0.05) is 25.7 Å². The molecule has 168 valence electrons. The molecule has 1 aliphatic rings. The summed E-state index contributed by atoms with van der Waals surface area (Å²) in [7, 11) is 0. The van der Waals surface area contributed by atoms with Crippen molar-refractivity contribution < 1.29 is 14.4 Å². The number of nitrogens with zero attached hydrogens (tertiary/aromatic N) is 3. The van der Waals surface area contributed by atoms with Crippen LogP contribution in [0.4, 0.5) is 0 Å². The highest BCUT2D eigenvalue weighted by Gasteiger charge is 2.35. The number of imide groups is 1. The zero-order valence-corrected chi connectivity index (χ0v) is 19.4. The Morgan fingerprint density at radius 2 is 1.73 bits per heavy atom. The third-order valence-corrected chi connectivity index (χ3v) is 6.20. The highest BCUT2D eigenvalue weighted by Crippen LogP contribution is 2.25. The van der Waals surface area contributed by atoms with Gasteiger partial charge in [0.2, 0.25) is 5.91 Å². The minimum Gasteiger partial charge on any atom is -0.332 e. The van der Waals surface area contributed by atoms with E-state index in [0.717, 1.165) is 21.7 Å². The molecule has 0 spiro atoms. The van der Waals surface area contributed by atoms with Gasteiger partial charge in [-0.1, -0.05) is 47.0 Å². The number of fused-ring (bicyclic) bond motifs is 1. The number of aromatic nitrogens is 1. The molecular formula is C25H21Cl2N3O3. The van der Waals surface area contributed by atoms with E-state index in [0.29, 0.717) is 21.2 Å². The van der Waals surface area contributed by atoms with Gasteiger partial charge in [-0.25, -0.2) is 0 Å². The first-order valence-electron chi connectivity index (χ1n) is 10.4. The van der Waals surface area contributed by atoms with Gasteiger partial charge in [0.25, 0.3) is 11.8 Å². The van der Waals surface area contributed by atoms with E-state index in [4.69, 9.17) is 23.2 Å². The summed E-state index contributed by atoms with van der Waals surface area (Å²) in [5.74, 6) is -0.949. The topological polar surface area (TPSA) is 70.6 Å². The molecule has 0 atom stereocenters. The monoisotopic (exact) mass is 481 g/mol. The number of halogens is 2. The molecule has 6 nitrogen and oxygen atoms in total. The van der Waals surface area contributed by atoms with Crippen molar-refractivity contribution in [3.63, 3.8) is 0 Å². The molecule has 0 bridgehead atoms. The van der Waals surface area contributed by atoms with Crippen LogP contribution in [0.2, 0.25) is 10.0 Å². The molecule has 0 N–H and O–H groups in total. The maximum atomic E-state index is 13.2. The Morgan fingerprint density at radius 1 is 0.939 bits per heavy atom. The second-order valence-corrected chi connectivity index (χ2v) is 8.69. The zero-order chi connectivity index (χ0) is 23.5. The van der Waals surface area contributed by atoms with Gasteiger partial charge >= 0.3 is 0 Å². The van der Waals surface area contributed by atoms with Crippen molar-refractivity contribution in [1.29, 1.82) is 0 Å². The highest BCUT2D eigenvalue weighted by atomic mass is 35.5. The predicted octanol–water partition coefficient (Wildman–Crippen LogP) is 4.91. The molecule has 0 radical (unpaired) electrons. The van der Waals surface area contributed by atoms with Crippen molar-refractivity contribution in [2.24, 2.45) is 0 Å². The second-order valence-electron chi connectivity index (χ2n) is 7.88. The minimum absolute atomic E-state index is 0.00138. The summed E-state index contributed by atoms with van der Waals surface area (Å²) in [5.41, 5.74) is 3.19. The largest absolute Gasteiger partial charge is 0.332 e. The first kappa shape index (κ1) is 23.0. The van der Waals surface area contributed by atoms with Crippen molar-refractivity contribution in [2.75, 3.05) is 6.54 Å². The molecule has 2 aromatic carbocycles. The molecule has 1 aromatic heterocycles. The van der Waals surface area contributed by atoms with E-state index >= 15 is 0 Å². The molecule has 33 heavy (non-hydrogen) atoms. The van der Waals surface area contributed by atoms with Gasteiger partial charge in [0.15, 0.2) is 0 Å². The first-order chi connectivity index (χ1) is 15.8. The summed E-state index contributed by atoms with van der Waals surface area (Å²) >= 11 is 12.2. The molecular weight excluding hydrogens is 461 g/mol. The van der Waals surface area contributed by atoms with Gasteiger partial charge in [-0.05, 0) is 48.9 Å². The molecule has 8 heteroatoms. The number of rotatable bonds is 7. The quantitative estimate of drug-likeness (QED) is 0.449. The molecule has 4 rings (SSSR count). The number of hydrogen-bond acceptors (Lipinski definition) is 4. The summed E-state index contributed by atoms with van der Waals surface area (Å²) in [4.78, 5) is 45.7. The van der Waals surface area contributed by atoms with Crippen molar-refractivity contribution in [1.82, 2.24) is 14.8 Å². The highest BCUT2D eigenvalue weighted by molar-refractivity contribution is 6.42. The number of aryl methyl sites for hydroxylation is 1. The average Bonchev–Trinajstić information content (AvgIpc) is 3.03. The molecule has 3 aromatic rings. The smallest absolute Gasteiger partial charge is 0.261 e. The fourth-order valence-electron chi connectivity index (χ4n) is 3.75. The first-order valence-corrected chi connectivity index (χ1v) is 11.2. The molecule has 3 amide bonds. The number of carbonyl (C=O) groups excluding carboxylic acids is 3. The van der Waals surface area contributed by atoms with Crippen LogP contribution in [0, 0.1) is 6.92 Å². The van der Waals surface area contributed by atoms with E-state index in [2.05, 4.69) is 4.98 Å². The van der Waals surface area contributed by atoms with Crippen LogP contribution >= 0.6 is 23.2 Å². The zero-order valence-electron chi connectivity index (χ0n) is 17.9. The van der Waals surface area contributed by atoms with Crippen LogP contribution in [0.15, 0.2) is 60.8 Å². The number of benzene rings is 2. The number of carbonyl (C=O) groups is 3. The summed E-state index contributed by atoms with van der Waals surface area (Å²) in [6.07, 6.45) is 1.66. The summed E-state index contributed by atoms with van der Waals surface area (Å²) in [6.45, 7) is 2.43. The van der Waals surface area contributed by atoms with Gasteiger partial charge < -0.3 is 4.90 Å². The van der Waals surface area contributed by atoms with E-state index in [-0.39, 0.29) is 43.8 Å². The molecule has 0 unspecified atom stereocenters. The Labute approximate surface area is 201 Å². The van der Waals surface area contributed by atoms with E-state index < -0.39 is 0 Å². The fraction of sp³-hybridized carbons (Fsp3) is 0.200. The molecule has 0 saturated heterocycles. The van der Waals surface area contributed by atoms with Gasteiger partial charge in [-0.2, -0.15) is 0 Å². The second kappa shape index (κ2) is 9.73. The Kier molecular flexibility index (Phi) is 6.77. The van der Waals surface area contributed by atoms with Gasteiger partial charge in [0.1, 0.15) is 0 Å². The number of amides is 3. The van der Waals surface area contributed by atoms with Crippen LogP contribution in [0.1, 0.15) is 44.0 Å². The Balaban J connectivity index is 1.49. The Morgan fingerprint density at radius 3 is 2.45 bits per heavy atom. The van der Waals surface area contributed by atoms with E-state index in [1.807, 2.05) is 19.1 Å². The lowest BCUT2D eigenvalue weighted by molar-refractivity contribution is -0.132. The lowest BCUT2D eigenvalue weighted by atomic mass is 10.1. The van der Waals surface area contributed by atoms with Crippen LogP contribution in [0.3, 0.4) is 0 Å². The predicted molar refractivity (Wildman–Crippen MR) is 126 cm³/mol. The Hall–Kier alpha value is -3.22. The molecule has 0 saturated carbocycles. The molecule has 1 aliphatic heterocycles. The lowest BCUT2D eigenvalue weighted by Crippen LogP contribution is -2.36. The van der Waals surface area contributed by atoms with Crippen LogP contribution < -0.4 is 0 Å². The fourth-order valence-corrected chi connectivity index (χ4v) is 4.07. The van der Waals surface area contributed by atoms with Crippen LogP contribution in [-0.2, 0) is 17.9 Å². The molecule has 2 heterocycles. The summed E-state index contributed by atoms with van der Waals surface area (Å²) < 4.78 is 0. The van der Waals surface area contributed by atoms with Gasteiger partial charge in [-0.3, -0.25) is 24.3 Å². The standard InChI is InChI=1S/C25H21Cl2N3O3/c1-16-5-7-19-20(12-16)25(33)30(24(19)32)11-9-23(31)29(15-18-4-2-3-10-28-18)14-17-6-8-21(26)22(27)13-17/h2-8,10,12-13H,9,11,14-15H2,1H3. The third-order valence-electron chi connectivity index (χ3n) is 5.46. The van der Waals surface area contributed by atoms with Gasteiger partial charge in [0.05, 0.1) is 33.4 Å².